The third-order valence-corrected chi connectivity index (χ3v) is 1.97. The van der Waals surface area contributed by atoms with E-state index in [1.54, 1.807) is 0 Å². The van der Waals surface area contributed by atoms with E-state index in [2.05, 4.69) is 54.7 Å². The maximum absolute atomic E-state index is 2.37. The van der Waals surface area contributed by atoms with E-state index in [0.717, 1.165) is 10.8 Å². The van der Waals surface area contributed by atoms with E-state index in [9.17, 15) is 0 Å². The van der Waals surface area contributed by atoms with Gasteiger partial charge >= 0.3 is 0 Å². The van der Waals surface area contributed by atoms with E-state index >= 15 is 0 Å². The molecule has 0 atom stereocenters. The summed E-state index contributed by atoms with van der Waals surface area (Å²) in [5.41, 5.74) is 1.41. The highest BCUT2D eigenvalue weighted by atomic mass is 127. The second kappa shape index (κ2) is 6.33. The molecule has 0 unspecified atom stereocenters. The molecule has 0 radical (unpaired) electrons. The average molecular weight is 236 g/mol. The van der Waals surface area contributed by atoms with Crippen molar-refractivity contribution in [2.75, 3.05) is 4.43 Å². The van der Waals surface area contributed by atoms with Crippen molar-refractivity contribution in [3.8, 4) is 0 Å². The first-order valence-electron chi connectivity index (χ1n) is 3.22. The van der Waals surface area contributed by atoms with Gasteiger partial charge in [-0.05, 0) is 18.9 Å². The van der Waals surface area contributed by atoms with Crippen molar-refractivity contribution in [1.82, 2.24) is 0 Å². The summed E-state index contributed by atoms with van der Waals surface area (Å²) in [4.78, 5) is 0. The molecular weight excluding hydrogens is 223 g/mol. The Kier molecular flexibility index (Phi) is 6.48. The van der Waals surface area contributed by atoms with Gasteiger partial charge in [0.2, 0.25) is 0 Å². The fraction of sp³-hybridized carbons (Fsp3) is 0.500. The van der Waals surface area contributed by atoms with Gasteiger partial charge in [0, 0.05) is 4.43 Å². The van der Waals surface area contributed by atoms with E-state index in [0.29, 0.717) is 0 Å². The summed E-state index contributed by atoms with van der Waals surface area (Å²) in [6, 6.07) is 0. The van der Waals surface area contributed by atoms with Gasteiger partial charge in [-0.15, -0.1) is 0 Å². The topological polar surface area (TPSA) is 0 Å². The predicted molar refractivity (Wildman–Crippen MR) is 52.1 cm³/mol. The lowest BCUT2D eigenvalue weighted by Crippen LogP contribution is -1.75. The molecule has 0 heterocycles. The van der Waals surface area contributed by atoms with Crippen LogP contribution in [-0.4, -0.2) is 4.43 Å². The van der Waals surface area contributed by atoms with Crippen LogP contribution in [0, 0.1) is 0 Å². The Morgan fingerprint density at radius 3 is 2.56 bits per heavy atom. The summed E-state index contributed by atoms with van der Waals surface area (Å²) in [7, 11) is 0. The summed E-state index contributed by atoms with van der Waals surface area (Å²) in [6.07, 6.45) is 7.66. The predicted octanol–water partition coefficient (Wildman–Crippen LogP) is 3.33. The Labute approximate surface area is 71.2 Å². The number of alkyl halides is 1. The Morgan fingerprint density at radius 1 is 1.56 bits per heavy atom. The SMILES string of the molecule is C/C=C(\C=C/CC)CI. The summed E-state index contributed by atoms with van der Waals surface area (Å²) < 4.78 is 1.12. The summed E-state index contributed by atoms with van der Waals surface area (Å²) in [5, 5.41) is 0. The largest absolute Gasteiger partial charge is 0.0845 e. The van der Waals surface area contributed by atoms with E-state index in [1.807, 2.05) is 0 Å². The molecule has 52 valence electrons. The molecule has 0 nitrogen and oxygen atoms in total. The fourth-order valence-corrected chi connectivity index (χ4v) is 1.18. The van der Waals surface area contributed by atoms with Crippen LogP contribution in [0.25, 0.3) is 0 Å². The van der Waals surface area contributed by atoms with E-state index in [1.165, 1.54) is 5.57 Å². The van der Waals surface area contributed by atoms with Gasteiger partial charge in [0.05, 0.1) is 0 Å². The van der Waals surface area contributed by atoms with Crippen molar-refractivity contribution >= 4 is 22.6 Å². The molecular formula is C8H13I. The van der Waals surface area contributed by atoms with Crippen LogP contribution in [0.4, 0.5) is 0 Å². The lowest BCUT2D eigenvalue weighted by molar-refractivity contribution is 1.22. The first kappa shape index (κ1) is 9.21. The molecule has 0 N–H and O–H groups in total. The zero-order valence-corrected chi connectivity index (χ0v) is 8.18. The third kappa shape index (κ3) is 4.70. The second-order valence-corrected chi connectivity index (χ2v) is 2.57. The van der Waals surface area contributed by atoms with E-state index < -0.39 is 0 Å². The minimum absolute atomic E-state index is 1.12. The normalized spacial score (nSPS) is 13.0. The highest BCUT2D eigenvalue weighted by Crippen LogP contribution is 2.01. The molecule has 0 aromatic heterocycles. The Balaban J connectivity index is 3.70. The standard InChI is InChI=1S/C8H13I/c1-3-5-6-8(4-2)7-9/h4-6H,3,7H2,1-2H3/b6-5-,8-4+. The van der Waals surface area contributed by atoms with Gasteiger partial charge in [-0.25, -0.2) is 0 Å². The zero-order chi connectivity index (χ0) is 7.11. The van der Waals surface area contributed by atoms with Gasteiger partial charge in [0.25, 0.3) is 0 Å². The molecule has 0 aliphatic rings. The van der Waals surface area contributed by atoms with Gasteiger partial charge in [-0.2, -0.15) is 0 Å². The monoisotopic (exact) mass is 236 g/mol. The molecule has 0 aliphatic carbocycles. The van der Waals surface area contributed by atoms with Gasteiger partial charge < -0.3 is 0 Å². The molecule has 0 aromatic rings. The van der Waals surface area contributed by atoms with Crippen LogP contribution in [0.2, 0.25) is 0 Å². The molecule has 0 aromatic carbocycles. The summed E-state index contributed by atoms with van der Waals surface area (Å²) in [5.74, 6) is 0. The van der Waals surface area contributed by atoms with Gasteiger partial charge in [0.1, 0.15) is 0 Å². The van der Waals surface area contributed by atoms with Gasteiger partial charge in [-0.1, -0.05) is 47.7 Å². The van der Waals surface area contributed by atoms with Gasteiger partial charge in [0.15, 0.2) is 0 Å². The number of rotatable bonds is 3. The lowest BCUT2D eigenvalue weighted by atomic mass is 10.2. The third-order valence-electron chi connectivity index (χ3n) is 1.09. The van der Waals surface area contributed by atoms with Gasteiger partial charge in [-0.3, -0.25) is 0 Å². The Hall–Kier alpha value is 0.210. The number of hydrogen-bond donors (Lipinski definition) is 0. The quantitative estimate of drug-likeness (QED) is 0.400. The van der Waals surface area contributed by atoms with Crippen LogP contribution in [-0.2, 0) is 0 Å². The van der Waals surface area contributed by atoms with Crippen LogP contribution in [0.5, 0.6) is 0 Å². The van der Waals surface area contributed by atoms with Crippen molar-refractivity contribution in [2.45, 2.75) is 20.3 Å². The Bertz CT molecular complexity index is 112. The molecule has 0 rings (SSSR count). The molecule has 0 bridgehead atoms. The van der Waals surface area contributed by atoms with Crippen LogP contribution in [0.1, 0.15) is 20.3 Å². The van der Waals surface area contributed by atoms with Crippen molar-refractivity contribution in [1.29, 1.82) is 0 Å². The van der Waals surface area contributed by atoms with Crippen molar-refractivity contribution < 1.29 is 0 Å². The Morgan fingerprint density at radius 2 is 2.22 bits per heavy atom. The van der Waals surface area contributed by atoms with Crippen LogP contribution in [0.3, 0.4) is 0 Å². The molecule has 1 heteroatoms. The number of halogens is 1. The van der Waals surface area contributed by atoms with Crippen LogP contribution < -0.4 is 0 Å². The highest BCUT2D eigenvalue weighted by molar-refractivity contribution is 14.1. The molecule has 0 amide bonds. The maximum Gasteiger partial charge on any atom is 0.0243 e. The summed E-state index contributed by atoms with van der Waals surface area (Å²) in [6.45, 7) is 4.23. The van der Waals surface area contributed by atoms with E-state index in [-0.39, 0.29) is 0 Å². The summed E-state index contributed by atoms with van der Waals surface area (Å²) >= 11 is 2.37. The number of hydrogen-bond acceptors (Lipinski definition) is 0. The second-order valence-electron chi connectivity index (χ2n) is 1.81. The molecule has 0 saturated heterocycles. The molecule has 0 spiro atoms. The minimum Gasteiger partial charge on any atom is -0.0845 e. The molecule has 9 heavy (non-hydrogen) atoms. The lowest BCUT2D eigenvalue weighted by Gasteiger charge is -1.90. The molecule has 0 saturated carbocycles. The fourth-order valence-electron chi connectivity index (χ4n) is 0.487. The molecule has 0 fully saturated rings. The average Bonchev–Trinajstić information content (AvgIpc) is 1.91. The van der Waals surface area contributed by atoms with E-state index in [4.69, 9.17) is 0 Å². The van der Waals surface area contributed by atoms with Crippen molar-refractivity contribution in [3.63, 3.8) is 0 Å². The smallest absolute Gasteiger partial charge is 0.0243 e. The maximum atomic E-state index is 2.37. The zero-order valence-electron chi connectivity index (χ0n) is 6.02. The molecule has 0 aliphatic heterocycles. The highest BCUT2D eigenvalue weighted by Gasteiger charge is 1.82. The first-order valence-corrected chi connectivity index (χ1v) is 4.75. The van der Waals surface area contributed by atoms with Crippen LogP contribution in [0.15, 0.2) is 23.8 Å². The number of allylic oxidation sites excluding steroid dienone is 4. The van der Waals surface area contributed by atoms with Crippen molar-refractivity contribution in [3.05, 3.63) is 23.8 Å². The minimum atomic E-state index is 1.12. The van der Waals surface area contributed by atoms with Crippen LogP contribution >= 0.6 is 22.6 Å². The van der Waals surface area contributed by atoms with Crippen molar-refractivity contribution in [2.24, 2.45) is 0 Å². The first-order chi connectivity index (χ1) is 4.35.